The molecule has 9 heteroatoms. The van der Waals surface area contributed by atoms with Crippen molar-refractivity contribution in [2.45, 2.75) is 31.3 Å². The van der Waals surface area contributed by atoms with Crippen LogP contribution in [0.4, 0.5) is 36.8 Å². The van der Waals surface area contributed by atoms with Crippen LogP contribution in [0.3, 0.4) is 0 Å². The quantitative estimate of drug-likeness (QED) is 0.746. The number of halogens is 6. The Morgan fingerprint density at radius 3 is 2.28 bits per heavy atom. The highest BCUT2D eigenvalue weighted by atomic mass is 19.4. The van der Waals surface area contributed by atoms with E-state index in [4.69, 9.17) is 0 Å². The first kappa shape index (κ1) is 18.9. The Hall–Kier alpha value is -2.45. The standard InChI is InChI=1S/C16H13F6NO2/c1-9(15(18,19)13(17)16(20,21)22)25-14(24)23-12-8-4-6-10-5-2-3-7-11(10)12/h2-9,13H,1H3,(H,23,24). The van der Waals surface area contributed by atoms with Gasteiger partial charge in [0.25, 0.3) is 6.17 Å². The molecule has 0 saturated carbocycles. The summed E-state index contributed by atoms with van der Waals surface area (Å²) >= 11 is 0. The minimum atomic E-state index is -5.77. The van der Waals surface area contributed by atoms with Crippen LogP contribution in [0.5, 0.6) is 0 Å². The Balaban J connectivity index is 2.11. The van der Waals surface area contributed by atoms with E-state index in [1.165, 1.54) is 6.07 Å². The molecule has 0 aromatic heterocycles. The fourth-order valence-electron chi connectivity index (χ4n) is 2.14. The highest BCUT2D eigenvalue weighted by Crippen LogP contribution is 2.38. The number of amides is 1. The smallest absolute Gasteiger partial charge is 0.425 e. The number of benzene rings is 2. The van der Waals surface area contributed by atoms with Crippen LogP contribution >= 0.6 is 0 Å². The van der Waals surface area contributed by atoms with Crippen molar-refractivity contribution in [3.63, 3.8) is 0 Å². The lowest BCUT2D eigenvalue weighted by molar-refractivity contribution is -0.264. The molecule has 2 rings (SSSR count). The average Bonchev–Trinajstić information content (AvgIpc) is 2.53. The molecule has 2 unspecified atom stereocenters. The van der Waals surface area contributed by atoms with Gasteiger partial charge >= 0.3 is 18.2 Å². The predicted octanol–water partition coefficient (Wildman–Crippen LogP) is 5.31. The summed E-state index contributed by atoms with van der Waals surface area (Å²) in [5, 5.41) is 3.47. The van der Waals surface area contributed by atoms with E-state index in [1.54, 1.807) is 36.4 Å². The summed E-state index contributed by atoms with van der Waals surface area (Å²) < 4.78 is 80.6. The molecule has 2 aromatic carbocycles. The van der Waals surface area contributed by atoms with Crippen molar-refractivity contribution in [3.05, 3.63) is 42.5 Å². The van der Waals surface area contributed by atoms with E-state index in [0.29, 0.717) is 12.3 Å². The molecule has 3 nitrogen and oxygen atoms in total. The van der Waals surface area contributed by atoms with Crippen LogP contribution in [0.1, 0.15) is 6.92 Å². The SMILES string of the molecule is CC(OC(=O)Nc1cccc2ccccc12)C(F)(F)C(F)C(F)(F)F. The average molecular weight is 365 g/mol. The zero-order chi connectivity index (χ0) is 18.8. The van der Waals surface area contributed by atoms with E-state index in [2.05, 4.69) is 10.1 Å². The largest absolute Gasteiger partial charge is 0.440 e. The van der Waals surface area contributed by atoms with E-state index in [1.807, 2.05) is 0 Å². The van der Waals surface area contributed by atoms with Gasteiger partial charge in [-0.3, -0.25) is 5.32 Å². The van der Waals surface area contributed by atoms with Crippen LogP contribution < -0.4 is 5.32 Å². The highest BCUT2D eigenvalue weighted by molar-refractivity contribution is 6.00. The maximum Gasteiger partial charge on any atom is 0.425 e. The second-order valence-corrected chi connectivity index (χ2v) is 5.28. The summed E-state index contributed by atoms with van der Waals surface area (Å²) in [4.78, 5) is 11.7. The molecule has 1 N–H and O–H groups in total. The minimum absolute atomic E-state index is 0.214. The molecular weight excluding hydrogens is 352 g/mol. The Kier molecular flexibility index (Phi) is 5.15. The van der Waals surface area contributed by atoms with Crippen LogP contribution in [0.15, 0.2) is 42.5 Å². The van der Waals surface area contributed by atoms with Crippen LogP contribution in [0, 0.1) is 0 Å². The van der Waals surface area contributed by atoms with E-state index >= 15 is 0 Å². The molecule has 0 radical (unpaired) electrons. The zero-order valence-corrected chi connectivity index (χ0v) is 12.8. The van der Waals surface area contributed by atoms with Gasteiger partial charge in [0.1, 0.15) is 0 Å². The molecule has 0 spiro atoms. The molecule has 1 amide bonds. The molecule has 2 atom stereocenters. The number of carbonyl (C=O) groups is 1. The number of alkyl halides is 6. The zero-order valence-electron chi connectivity index (χ0n) is 12.8. The minimum Gasteiger partial charge on any atom is -0.440 e. The molecule has 0 heterocycles. The van der Waals surface area contributed by atoms with Crippen LogP contribution in [-0.2, 0) is 4.74 Å². The lowest BCUT2D eigenvalue weighted by Crippen LogP contribution is -2.50. The van der Waals surface area contributed by atoms with Gasteiger partial charge in [-0.2, -0.15) is 22.0 Å². The van der Waals surface area contributed by atoms with Crippen molar-refractivity contribution < 1.29 is 35.9 Å². The lowest BCUT2D eigenvalue weighted by atomic mass is 10.1. The third kappa shape index (κ3) is 4.15. The van der Waals surface area contributed by atoms with Gasteiger partial charge in [-0.1, -0.05) is 36.4 Å². The second kappa shape index (κ2) is 6.81. The van der Waals surface area contributed by atoms with Crippen molar-refractivity contribution >= 4 is 22.6 Å². The van der Waals surface area contributed by atoms with Crippen molar-refractivity contribution in [2.75, 3.05) is 5.32 Å². The molecular formula is C16H13F6NO2. The molecule has 0 aliphatic carbocycles. The predicted molar refractivity (Wildman–Crippen MR) is 79.4 cm³/mol. The van der Waals surface area contributed by atoms with Gasteiger partial charge in [0.15, 0.2) is 6.10 Å². The number of ether oxygens (including phenoxy) is 1. The third-order valence-electron chi connectivity index (χ3n) is 3.48. The summed E-state index contributed by atoms with van der Waals surface area (Å²) in [6, 6.07) is 11.6. The van der Waals surface area contributed by atoms with E-state index in [-0.39, 0.29) is 5.69 Å². The number of anilines is 1. The Morgan fingerprint density at radius 2 is 1.64 bits per heavy atom. The topological polar surface area (TPSA) is 38.3 Å². The summed E-state index contributed by atoms with van der Waals surface area (Å²) in [5.41, 5.74) is 0.214. The number of hydrogen-bond donors (Lipinski definition) is 1. The number of fused-ring (bicyclic) bond motifs is 1. The molecule has 0 fully saturated rings. The summed E-state index contributed by atoms with van der Waals surface area (Å²) in [6.45, 7) is 0.487. The van der Waals surface area contributed by atoms with Crippen molar-refractivity contribution in [1.29, 1.82) is 0 Å². The normalized spacial score (nSPS) is 14.8. The highest BCUT2D eigenvalue weighted by Gasteiger charge is 2.60. The Labute approximate surface area is 138 Å². The monoisotopic (exact) mass is 365 g/mol. The molecule has 0 saturated heterocycles. The second-order valence-electron chi connectivity index (χ2n) is 5.28. The lowest BCUT2D eigenvalue weighted by Gasteiger charge is -2.27. The van der Waals surface area contributed by atoms with Crippen LogP contribution in [0.25, 0.3) is 10.8 Å². The van der Waals surface area contributed by atoms with Gasteiger partial charge < -0.3 is 4.74 Å². The molecule has 2 aromatic rings. The molecule has 0 aliphatic heterocycles. The number of carbonyl (C=O) groups excluding carboxylic acids is 1. The molecule has 0 bridgehead atoms. The van der Waals surface area contributed by atoms with Crippen molar-refractivity contribution in [3.8, 4) is 0 Å². The van der Waals surface area contributed by atoms with Gasteiger partial charge in [0, 0.05) is 5.39 Å². The number of nitrogens with one attached hydrogen (secondary N) is 1. The van der Waals surface area contributed by atoms with Crippen LogP contribution in [0.2, 0.25) is 0 Å². The van der Waals surface area contributed by atoms with Gasteiger partial charge in [-0.25, -0.2) is 9.18 Å². The van der Waals surface area contributed by atoms with E-state index < -0.39 is 30.5 Å². The Bertz CT molecular complexity index is 756. The van der Waals surface area contributed by atoms with Gasteiger partial charge in [-0.15, -0.1) is 0 Å². The Morgan fingerprint density at radius 1 is 1.04 bits per heavy atom. The van der Waals surface area contributed by atoms with E-state index in [9.17, 15) is 31.1 Å². The third-order valence-corrected chi connectivity index (χ3v) is 3.48. The first-order chi connectivity index (χ1) is 11.5. The van der Waals surface area contributed by atoms with Gasteiger partial charge in [0.05, 0.1) is 5.69 Å². The summed E-state index contributed by atoms with van der Waals surface area (Å²) in [6.07, 6.45) is -14.3. The maximum absolute atomic E-state index is 13.5. The summed E-state index contributed by atoms with van der Waals surface area (Å²) in [7, 11) is 0. The molecule has 136 valence electrons. The van der Waals surface area contributed by atoms with Crippen molar-refractivity contribution in [1.82, 2.24) is 0 Å². The van der Waals surface area contributed by atoms with Crippen molar-refractivity contribution in [2.24, 2.45) is 0 Å². The first-order valence-electron chi connectivity index (χ1n) is 7.07. The summed E-state index contributed by atoms with van der Waals surface area (Å²) in [5.74, 6) is -4.92. The number of hydrogen-bond acceptors (Lipinski definition) is 2. The van der Waals surface area contributed by atoms with Gasteiger partial charge in [-0.05, 0) is 18.4 Å². The molecule has 0 aliphatic rings. The fraction of sp³-hybridized carbons (Fsp3) is 0.312. The number of rotatable bonds is 4. The van der Waals surface area contributed by atoms with Gasteiger partial charge in [0.2, 0.25) is 0 Å². The van der Waals surface area contributed by atoms with E-state index in [0.717, 1.165) is 5.39 Å². The van der Waals surface area contributed by atoms with Crippen LogP contribution in [-0.4, -0.2) is 30.5 Å². The fourth-order valence-corrected chi connectivity index (χ4v) is 2.14. The first-order valence-corrected chi connectivity index (χ1v) is 7.07. The maximum atomic E-state index is 13.5. The molecule has 25 heavy (non-hydrogen) atoms.